The van der Waals surface area contributed by atoms with E-state index in [9.17, 15) is 0 Å². The second-order valence-electron chi connectivity index (χ2n) is 6.18. The Morgan fingerprint density at radius 2 is 2.15 bits per heavy atom. The number of rotatable bonds is 4. The predicted molar refractivity (Wildman–Crippen MR) is 77.6 cm³/mol. The molecule has 1 N–H and O–H groups in total. The zero-order valence-corrected chi connectivity index (χ0v) is 12.6. The lowest BCUT2D eigenvalue weighted by molar-refractivity contribution is 0.126. The minimum atomic E-state index is 0.350. The molecule has 2 saturated heterocycles. The summed E-state index contributed by atoms with van der Waals surface area (Å²) in [5.74, 6) is 2.11. The zero-order valence-electron chi connectivity index (χ0n) is 12.6. The molecule has 1 aromatic heterocycles. The van der Waals surface area contributed by atoms with E-state index in [2.05, 4.69) is 34.2 Å². The van der Waals surface area contributed by atoms with Gasteiger partial charge >= 0.3 is 0 Å². The van der Waals surface area contributed by atoms with Crippen molar-refractivity contribution < 1.29 is 4.52 Å². The first-order valence-electron chi connectivity index (χ1n) is 8.09. The summed E-state index contributed by atoms with van der Waals surface area (Å²) < 4.78 is 5.57. The molecule has 2 atom stereocenters. The molecule has 0 amide bonds. The Kier molecular flexibility index (Phi) is 4.36. The monoisotopic (exact) mass is 278 g/mol. The molecule has 5 heteroatoms. The van der Waals surface area contributed by atoms with Crippen LogP contribution in [0, 0.1) is 0 Å². The van der Waals surface area contributed by atoms with Crippen LogP contribution in [-0.4, -0.2) is 40.7 Å². The van der Waals surface area contributed by atoms with E-state index in [-0.39, 0.29) is 0 Å². The fraction of sp³-hybridized carbons (Fsp3) is 0.867. The van der Waals surface area contributed by atoms with Crippen molar-refractivity contribution in [3.8, 4) is 0 Å². The Labute approximate surface area is 121 Å². The highest BCUT2D eigenvalue weighted by molar-refractivity contribution is 5.01. The lowest BCUT2D eigenvalue weighted by Crippen LogP contribution is -2.42. The zero-order chi connectivity index (χ0) is 13.9. The van der Waals surface area contributed by atoms with Crippen molar-refractivity contribution in [3.63, 3.8) is 0 Å². The minimum absolute atomic E-state index is 0.350. The maximum atomic E-state index is 5.57. The summed E-state index contributed by atoms with van der Waals surface area (Å²) >= 11 is 0. The third kappa shape index (κ3) is 2.74. The molecule has 1 aromatic rings. The first-order valence-corrected chi connectivity index (χ1v) is 8.09. The van der Waals surface area contributed by atoms with Crippen LogP contribution in [0.25, 0.3) is 0 Å². The number of hydrogen-bond acceptors (Lipinski definition) is 5. The Hall–Kier alpha value is -0.940. The maximum Gasteiger partial charge on any atom is 0.244 e. The summed E-state index contributed by atoms with van der Waals surface area (Å²) in [6.07, 6.45) is 5.94. The fourth-order valence-electron chi connectivity index (χ4n) is 3.39. The van der Waals surface area contributed by atoms with Gasteiger partial charge in [0.15, 0.2) is 5.82 Å². The van der Waals surface area contributed by atoms with E-state index < -0.39 is 0 Å². The standard InChI is InChI=1S/C15H26N4O/c1-3-11(2)14-17-15(20-18-14)13-5-4-10-19(13)12-6-8-16-9-7-12/h11-13,16H,3-10H2,1-2H3. The molecule has 0 radical (unpaired) electrons. The summed E-state index contributed by atoms with van der Waals surface area (Å²) in [6.45, 7) is 7.77. The highest BCUT2D eigenvalue weighted by Gasteiger charge is 2.35. The van der Waals surface area contributed by atoms with Crippen LogP contribution in [0.2, 0.25) is 0 Å². The van der Waals surface area contributed by atoms with E-state index in [1.165, 1.54) is 25.8 Å². The van der Waals surface area contributed by atoms with Crippen LogP contribution < -0.4 is 5.32 Å². The highest BCUT2D eigenvalue weighted by atomic mass is 16.5. The van der Waals surface area contributed by atoms with Gasteiger partial charge in [-0.25, -0.2) is 0 Å². The van der Waals surface area contributed by atoms with Crippen LogP contribution >= 0.6 is 0 Å². The van der Waals surface area contributed by atoms with Gasteiger partial charge in [-0.1, -0.05) is 19.0 Å². The second kappa shape index (κ2) is 6.22. The first kappa shape index (κ1) is 14.0. The molecule has 0 spiro atoms. The summed E-state index contributed by atoms with van der Waals surface area (Å²) in [7, 11) is 0. The molecule has 112 valence electrons. The first-order chi connectivity index (χ1) is 9.79. The van der Waals surface area contributed by atoms with Gasteiger partial charge in [-0.05, 0) is 51.7 Å². The quantitative estimate of drug-likeness (QED) is 0.917. The summed E-state index contributed by atoms with van der Waals surface area (Å²) in [5.41, 5.74) is 0. The molecule has 0 aromatic carbocycles. The maximum absolute atomic E-state index is 5.57. The molecule has 3 rings (SSSR count). The molecule has 0 bridgehead atoms. The lowest BCUT2D eigenvalue weighted by Gasteiger charge is -2.34. The fourth-order valence-corrected chi connectivity index (χ4v) is 3.39. The lowest BCUT2D eigenvalue weighted by atomic mass is 10.0. The highest BCUT2D eigenvalue weighted by Crippen LogP contribution is 2.35. The molecule has 2 unspecified atom stereocenters. The van der Waals surface area contributed by atoms with Gasteiger partial charge in [0.05, 0.1) is 6.04 Å². The van der Waals surface area contributed by atoms with Crippen molar-refractivity contribution in [1.29, 1.82) is 0 Å². The number of likely N-dealkylation sites (tertiary alicyclic amines) is 1. The number of piperidine rings is 1. The molecule has 2 aliphatic rings. The van der Waals surface area contributed by atoms with Gasteiger partial charge in [0.25, 0.3) is 0 Å². The summed E-state index contributed by atoms with van der Waals surface area (Å²) in [6, 6.07) is 1.03. The molecule has 0 saturated carbocycles. The number of nitrogens with one attached hydrogen (secondary N) is 1. The topological polar surface area (TPSA) is 54.2 Å². The van der Waals surface area contributed by atoms with E-state index in [1.807, 2.05) is 0 Å². The third-order valence-corrected chi connectivity index (χ3v) is 4.87. The van der Waals surface area contributed by atoms with Crippen LogP contribution in [-0.2, 0) is 0 Å². The van der Waals surface area contributed by atoms with E-state index in [1.54, 1.807) is 0 Å². The van der Waals surface area contributed by atoms with Gasteiger partial charge in [-0.15, -0.1) is 0 Å². The van der Waals surface area contributed by atoms with Gasteiger partial charge in [0.1, 0.15) is 0 Å². The molecule has 5 nitrogen and oxygen atoms in total. The van der Waals surface area contributed by atoms with Crippen LogP contribution in [0.5, 0.6) is 0 Å². The molecular formula is C15H26N4O. The van der Waals surface area contributed by atoms with Gasteiger partial charge in [0, 0.05) is 12.0 Å². The van der Waals surface area contributed by atoms with Crippen LogP contribution in [0.1, 0.15) is 69.6 Å². The van der Waals surface area contributed by atoms with Crippen LogP contribution in [0.4, 0.5) is 0 Å². The van der Waals surface area contributed by atoms with Crippen molar-refractivity contribution in [2.75, 3.05) is 19.6 Å². The van der Waals surface area contributed by atoms with Crippen molar-refractivity contribution >= 4 is 0 Å². The van der Waals surface area contributed by atoms with E-state index in [0.717, 1.165) is 37.6 Å². The third-order valence-electron chi connectivity index (χ3n) is 4.87. The van der Waals surface area contributed by atoms with Gasteiger partial charge in [-0.2, -0.15) is 4.98 Å². The molecule has 20 heavy (non-hydrogen) atoms. The Bertz CT molecular complexity index is 427. The van der Waals surface area contributed by atoms with Crippen molar-refractivity contribution in [2.24, 2.45) is 0 Å². The van der Waals surface area contributed by atoms with Gasteiger partial charge in [-0.3, -0.25) is 4.90 Å². The predicted octanol–water partition coefficient (Wildman–Crippen LogP) is 2.47. The van der Waals surface area contributed by atoms with Crippen molar-refractivity contribution in [3.05, 3.63) is 11.7 Å². The van der Waals surface area contributed by atoms with E-state index >= 15 is 0 Å². The number of hydrogen-bond donors (Lipinski definition) is 1. The van der Waals surface area contributed by atoms with Crippen LogP contribution in [0.15, 0.2) is 4.52 Å². The van der Waals surface area contributed by atoms with Crippen LogP contribution in [0.3, 0.4) is 0 Å². The Morgan fingerprint density at radius 1 is 1.35 bits per heavy atom. The summed E-state index contributed by atoms with van der Waals surface area (Å²) in [4.78, 5) is 7.28. The Balaban J connectivity index is 1.72. The van der Waals surface area contributed by atoms with Gasteiger partial charge < -0.3 is 9.84 Å². The smallest absolute Gasteiger partial charge is 0.244 e. The SMILES string of the molecule is CCC(C)c1noc(C2CCCN2C2CCNCC2)n1. The number of nitrogens with zero attached hydrogens (tertiary/aromatic N) is 3. The summed E-state index contributed by atoms with van der Waals surface area (Å²) in [5, 5.41) is 7.63. The molecule has 0 aliphatic carbocycles. The van der Waals surface area contributed by atoms with E-state index in [4.69, 9.17) is 4.52 Å². The number of aromatic nitrogens is 2. The van der Waals surface area contributed by atoms with Gasteiger partial charge in [0.2, 0.25) is 5.89 Å². The van der Waals surface area contributed by atoms with E-state index in [0.29, 0.717) is 18.0 Å². The van der Waals surface area contributed by atoms with Crippen molar-refractivity contribution in [2.45, 2.75) is 64.0 Å². The largest absolute Gasteiger partial charge is 0.338 e. The Morgan fingerprint density at radius 3 is 2.90 bits per heavy atom. The molecular weight excluding hydrogens is 252 g/mol. The molecule has 2 fully saturated rings. The second-order valence-corrected chi connectivity index (χ2v) is 6.18. The molecule has 3 heterocycles. The average Bonchev–Trinajstić information content (AvgIpc) is 3.15. The molecule has 2 aliphatic heterocycles. The normalized spacial score (nSPS) is 27.0. The average molecular weight is 278 g/mol. The minimum Gasteiger partial charge on any atom is -0.338 e. The van der Waals surface area contributed by atoms with Crippen molar-refractivity contribution in [1.82, 2.24) is 20.4 Å².